The van der Waals surface area contributed by atoms with Gasteiger partial charge >= 0.3 is 0 Å². The van der Waals surface area contributed by atoms with Gasteiger partial charge in [-0.1, -0.05) is 0 Å². The minimum Gasteiger partial charge on any atom is -0.379 e. The van der Waals surface area contributed by atoms with Crippen molar-refractivity contribution in [2.75, 3.05) is 52.6 Å². The highest BCUT2D eigenvalue weighted by atomic mass is 32.1. The standard InChI is InChI=1S/C14H22N2O2S/c1-2-14(12-16-5-9-18-10-6-16)19-13(1)11-15-3-7-17-8-4-15/h1-2H,3-12H2. The second kappa shape index (κ2) is 6.81. The second-order valence-electron chi connectivity index (χ2n) is 5.15. The van der Waals surface area contributed by atoms with Crippen LogP contribution in [-0.4, -0.2) is 62.4 Å². The van der Waals surface area contributed by atoms with Crippen molar-refractivity contribution < 1.29 is 9.47 Å². The molecule has 5 heteroatoms. The van der Waals surface area contributed by atoms with Crippen LogP contribution in [0.25, 0.3) is 0 Å². The molecule has 2 aliphatic heterocycles. The van der Waals surface area contributed by atoms with Crippen LogP contribution in [0.5, 0.6) is 0 Å². The van der Waals surface area contributed by atoms with E-state index in [9.17, 15) is 0 Å². The Labute approximate surface area is 118 Å². The number of thiophene rings is 1. The molecule has 19 heavy (non-hydrogen) atoms. The number of ether oxygens (including phenoxy) is 2. The van der Waals surface area contributed by atoms with E-state index in [2.05, 4.69) is 21.9 Å². The van der Waals surface area contributed by atoms with Crippen molar-refractivity contribution in [1.29, 1.82) is 0 Å². The Kier molecular flexibility index (Phi) is 4.85. The minimum atomic E-state index is 0.881. The third-order valence-corrected chi connectivity index (χ3v) is 4.74. The van der Waals surface area contributed by atoms with Gasteiger partial charge < -0.3 is 9.47 Å². The Morgan fingerprint density at radius 3 is 1.63 bits per heavy atom. The zero-order chi connectivity index (χ0) is 12.9. The molecule has 0 amide bonds. The van der Waals surface area contributed by atoms with Gasteiger partial charge in [-0.2, -0.15) is 0 Å². The van der Waals surface area contributed by atoms with Gasteiger partial charge in [-0.15, -0.1) is 11.3 Å². The SMILES string of the molecule is c1cc(CN2CCOCC2)sc1CN1CCOCC1. The van der Waals surface area contributed by atoms with E-state index in [1.54, 1.807) is 0 Å². The Balaban J connectivity index is 1.50. The molecule has 2 saturated heterocycles. The fraction of sp³-hybridized carbons (Fsp3) is 0.714. The molecule has 0 saturated carbocycles. The number of hydrogen-bond donors (Lipinski definition) is 0. The van der Waals surface area contributed by atoms with Crippen molar-refractivity contribution in [3.8, 4) is 0 Å². The van der Waals surface area contributed by atoms with Gasteiger partial charge in [-0.05, 0) is 12.1 Å². The summed E-state index contributed by atoms with van der Waals surface area (Å²) >= 11 is 1.96. The molecule has 1 aromatic heterocycles. The van der Waals surface area contributed by atoms with E-state index in [1.165, 1.54) is 9.75 Å². The first-order valence-electron chi connectivity index (χ1n) is 7.08. The van der Waals surface area contributed by atoms with Crippen LogP contribution < -0.4 is 0 Å². The van der Waals surface area contributed by atoms with Gasteiger partial charge in [0.25, 0.3) is 0 Å². The molecule has 0 radical (unpaired) electrons. The minimum absolute atomic E-state index is 0.881. The molecule has 0 spiro atoms. The maximum atomic E-state index is 5.39. The predicted molar refractivity (Wildman–Crippen MR) is 76.5 cm³/mol. The van der Waals surface area contributed by atoms with E-state index in [0.717, 1.165) is 65.7 Å². The van der Waals surface area contributed by atoms with Crippen LogP contribution in [0, 0.1) is 0 Å². The third-order valence-electron chi connectivity index (χ3n) is 3.68. The Morgan fingerprint density at radius 2 is 1.21 bits per heavy atom. The average Bonchev–Trinajstić information content (AvgIpc) is 2.88. The van der Waals surface area contributed by atoms with Crippen LogP contribution >= 0.6 is 11.3 Å². The van der Waals surface area contributed by atoms with Gasteiger partial charge in [0.15, 0.2) is 0 Å². The molecule has 4 nitrogen and oxygen atoms in total. The van der Waals surface area contributed by atoms with Crippen LogP contribution in [0.15, 0.2) is 12.1 Å². The smallest absolute Gasteiger partial charge is 0.0594 e. The summed E-state index contributed by atoms with van der Waals surface area (Å²) in [5.74, 6) is 0. The number of rotatable bonds is 4. The quantitative estimate of drug-likeness (QED) is 0.834. The first kappa shape index (κ1) is 13.5. The molecule has 0 bridgehead atoms. The highest BCUT2D eigenvalue weighted by Crippen LogP contribution is 2.20. The largest absolute Gasteiger partial charge is 0.379 e. The summed E-state index contributed by atoms with van der Waals surface area (Å²) in [7, 11) is 0. The number of nitrogens with zero attached hydrogens (tertiary/aromatic N) is 2. The lowest BCUT2D eigenvalue weighted by Crippen LogP contribution is -2.35. The fourth-order valence-electron chi connectivity index (χ4n) is 2.55. The van der Waals surface area contributed by atoms with Gasteiger partial charge in [-0.3, -0.25) is 9.80 Å². The molecule has 0 aliphatic carbocycles. The van der Waals surface area contributed by atoms with E-state index in [-0.39, 0.29) is 0 Å². The van der Waals surface area contributed by atoms with Crippen molar-refractivity contribution in [2.24, 2.45) is 0 Å². The summed E-state index contributed by atoms with van der Waals surface area (Å²) in [6.07, 6.45) is 0. The van der Waals surface area contributed by atoms with Gasteiger partial charge in [0.05, 0.1) is 26.4 Å². The van der Waals surface area contributed by atoms with Crippen molar-refractivity contribution >= 4 is 11.3 Å². The lowest BCUT2D eigenvalue weighted by Gasteiger charge is -2.26. The molecule has 3 heterocycles. The van der Waals surface area contributed by atoms with Gasteiger partial charge in [0.2, 0.25) is 0 Å². The Bertz CT molecular complexity index is 350. The Morgan fingerprint density at radius 1 is 0.789 bits per heavy atom. The molecule has 0 unspecified atom stereocenters. The lowest BCUT2D eigenvalue weighted by molar-refractivity contribution is 0.0345. The molecule has 0 N–H and O–H groups in total. The third kappa shape index (κ3) is 4.00. The van der Waals surface area contributed by atoms with Crippen molar-refractivity contribution in [3.05, 3.63) is 21.9 Å². The van der Waals surface area contributed by atoms with E-state index in [4.69, 9.17) is 9.47 Å². The molecule has 2 fully saturated rings. The van der Waals surface area contributed by atoms with Crippen LogP contribution in [0.1, 0.15) is 9.75 Å². The van der Waals surface area contributed by atoms with E-state index in [1.807, 2.05) is 11.3 Å². The van der Waals surface area contributed by atoms with E-state index in [0.29, 0.717) is 0 Å². The topological polar surface area (TPSA) is 24.9 Å². The molecule has 1 aromatic rings. The van der Waals surface area contributed by atoms with Crippen LogP contribution in [0.2, 0.25) is 0 Å². The van der Waals surface area contributed by atoms with Crippen molar-refractivity contribution in [2.45, 2.75) is 13.1 Å². The highest BCUT2D eigenvalue weighted by molar-refractivity contribution is 7.11. The molecule has 3 rings (SSSR count). The summed E-state index contributed by atoms with van der Waals surface area (Å²) in [6, 6.07) is 4.58. The zero-order valence-electron chi connectivity index (χ0n) is 11.3. The average molecular weight is 282 g/mol. The second-order valence-corrected chi connectivity index (χ2v) is 6.40. The summed E-state index contributed by atoms with van der Waals surface area (Å²) in [5.41, 5.74) is 0. The molecule has 106 valence electrons. The molecular weight excluding hydrogens is 260 g/mol. The highest BCUT2D eigenvalue weighted by Gasteiger charge is 2.14. The van der Waals surface area contributed by atoms with E-state index < -0.39 is 0 Å². The monoisotopic (exact) mass is 282 g/mol. The van der Waals surface area contributed by atoms with Crippen molar-refractivity contribution in [3.63, 3.8) is 0 Å². The summed E-state index contributed by atoms with van der Waals surface area (Å²) in [4.78, 5) is 7.91. The first-order valence-corrected chi connectivity index (χ1v) is 7.89. The number of morpholine rings is 2. The molecule has 2 aliphatic rings. The summed E-state index contributed by atoms with van der Waals surface area (Å²) in [5, 5.41) is 0. The normalized spacial score (nSPS) is 22.7. The molecule has 0 aromatic carbocycles. The maximum absolute atomic E-state index is 5.39. The predicted octanol–water partition coefficient (Wildman–Crippen LogP) is 1.41. The van der Waals surface area contributed by atoms with Gasteiger partial charge in [0.1, 0.15) is 0 Å². The van der Waals surface area contributed by atoms with Gasteiger partial charge in [-0.25, -0.2) is 0 Å². The molecule has 0 atom stereocenters. The van der Waals surface area contributed by atoms with Crippen molar-refractivity contribution in [1.82, 2.24) is 9.80 Å². The van der Waals surface area contributed by atoms with Crippen LogP contribution in [0.4, 0.5) is 0 Å². The summed E-state index contributed by atoms with van der Waals surface area (Å²) < 4.78 is 10.8. The number of hydrogen-bond acceptors (Lipinski definition) is 5. The van der Waals surface area contributed by atoms with E-state index >= 15 is 0 Å². The zero-order valence-corrected chi connectivity index (χ0v) is 12.2. The van der Waals surface area contributed by atoms with Crippen LogP contribution in [-0.2, 0) is 22.6 Å². The summed E-state index contributed by atoms with van der Waals surface area (Å²) in [6.45, 7) is 9.95. The first-order chi connectivity index (χ1) is 9.40. The fourth-order valence-corrected chi connectivity index (χ4v) is 3.65. The lowest BCUT2D eigenvalue weighted by atomic mass is 10.3. The van der Waals surface area contributed by atoms with Crippen LogP contribution in [0.3, 0.4) is 0 Å². The van der Waals surface area contributed by atoms with Gasteiger partial charge in [0, 0.05) is 49.0 Å². The maximum Gasteiger partial charge on any atom is 0.0594 e. The Hall–Kier alpha value is -0.460. The molecular formula is C14H22N2O2S.